The molecular weight excluding hydrogens is 230 g/mol. The van der Waals surface area contributed by atoms with Crippen LogP contribution in [0, 0.1) is 0 Å². The summed E-state index contributed by atoms with van der Waals surface area (Å²) in [7, 11) is 5.42. The standard InChI is InChI=1S/C12H17N5O/c1-13-8-4-7(6-18)5-9-10(8)17-12(15-3)11(14-2)16-9/h4-5,13,18H,6H2,1-3H3,(H,14,16)(H,15,17). The molecule has 4 N–H and O–H groups in total. The van der Waals surface area contributed by atoms with Crippen molar-refractivity contribution in [3.05, 3.63) is 17.7 Å². The Bertz CT molecular complexity index is 570. The van der Waals surface area contributed by atoms with Crippen LogP contribution < -0.4 is 16.0 Å². The lowest BCUT2D eigenvalue weighted by molar-refractivity contribution is 0.282. The van der Waals surface area contributed by atoms with Crippen molar-refractivity contribution < 1.29 is 5.11 Å². The minimum atomic E-state index is -0.0189. The molecule has 0 bridgehead atoms. The molecule has 2 aromatic rings. The van der Waals surface area contributed by atoms with Crippen LogP contribution >= 0.6 is 0 Å². The van der Waals surface area contributed by atoms with E-state index in [1.165, 1.54) is 0 Å². The molecule has 2 rings (SSSR count). The van der Waals surface area contributed by atoms with Crippen molar-refractivity contribution in [3.8, 4) is 0 Å². The van der Waals surface area contributed by atoms with E-state index in [1.54, 1.807) is 14.1 Å². The summed E-state index contributed by atoms with van der Waals surface area (Å²) in [6, 6.07) is 3.71. The van der Waals surface area contributed by atoms with E-state index in [0.29, 0.717) is 11.6 Å². The molecule has 0 saturated heterocycles. The van der Waals surface area contributed by atoms with Gasteiger partial charge in [0, 0.05) is 21.1 Å². The average Bonchev–Trinajstić information content (AvgIpc) is 2.44. The molecule has 0 amide bonds. The van der Waals surface area contributed by atoms with Crippen molar-refractivity contribution in [3.63, 3.8) is 0 Å². The molecule has 0 aliphatic rings. The second-order valence-electron chi connectivity index (χ2n) is 3.84. The third kappa shape index (κ3) is 2.02. The van der Waals surface area contributed by atoms with Gasteiger partial charge in [-0.3, -0.25) is 0 Å². The quantitative estimate of drug-likeness (QED) is 0.651. The van der Waals surface area contributed by atoms with Crippen molar-refractivity contribution in [1.29, 1.82) is 0 Å². The summed E-state index contributed by atoms with van der Waals surface area (Å²) in [4.78, 5) is 9.02. The van der Waals surface area contributed by atoms with Crippen LogP contribution in [0.5, 0.6) is 0 Å². The third-order valence-corrected chi connectivity index (χ3v) is 2.76. The summed E-state index contributed by atoms with van der Waals surface area (Å²) in [6.07, 6.45) is 0. The molecule has 96 valence electrons. The minimum Gasteiger partial charge on any atom is -0.392 e. The van der Waals surface area contributed by atoms with Crippen LogP contribution in [-0.2, 0) is 6.61 Å². The van der Waals surface area contributed by atoms with Crippen molar-refractivity contribution >= 4 is 28.4 Å². The van der Waals surface area contributed by atoms with E-state index in [1.807, 2.05) is 19.2 Å². The van der Waals surface area contributed by atoms with Crippen LogP contribution in [0.25, 0.3) is 11.0 Å². The van der Waals surface area contributed by atoms with Gasteiger partial charge in [-0.1, -0.05) is 0 Å². The fourth-order valence-corrected chi connectivity index (χ4v) is 1.85. The van der Waals surface area contributed by atoms with E-state index in [-0.39, 0.29) is 6.61 Å². The molecule has 1 aromatic heterocycles. The van der Waals surface area contributed by atoms with Gasteiger partial charge in [-0.2, -0.15) is 0 Å². The van der Waals surface area contributed by atoms with Crippen molar-refractivity contribution in [1.82, 2.24) is 9.97 Å². The second kappa shape index (κ2) is 5.05. The fraction of sp³-hybridized carbons (Fsp3) is 0.333. The normalized spacial score (nSPS) is 10.4. The Labute approximate surface area is 105 Å². The molecule has 1 aromatic carbocycles. The fourth-order valence-electron chi connectivity index (χ4n) is 1.85. The Morgan fingerprint density at radius 3 is 2.22 bits per heavy atom. The van der Waals surface area contributed by atoms with Gasteiger partial charge in [0.15, 0.2) is 11.6 Å². The molecule has 0 aliphatic heterocycles. The third-order valence-electron chi connectivity index (χ3n) is 2.76. The van der Waals surface area contributed by atoms with Gasteiger partial charge in [-0.15, -0.1) is 0 Å². The van der Waals surface area contributed by atoms with Gasteiger partial charge in [-0.05, 0) is 17.7 Å². The van der Waals surface area contributed by atoms with Gasteiger partial charge in [0.25, 0.3) is 0 Å². The first-order valence-electron chi connectivity index (χ1n) is 5.72. The number of nitrogens with one attached hydrogen (secondary N) is 3. The molecule has 0 radical (unpaired) electrons. The Morgan fingerprint density at radius 1 is 1.00 bits per heavy atom. The summed E-state index contributed by atoms with van der Waals surface area (Å²) in [5, 5.41) is 18.3. The number of nitrogens with zero attached hydrogens (tertiary/aromatic N) is 2. The predicted octanol–water partition coefficient (Wildman–Crippen LogP) is 1.25. The molecule has 0 aliphatic carbocycles. The van der Waals surface area contributed by atoms with E-state index in [0.717, 1.165) is 22.3 Å². The summed E-state index contributed by atoms with van der Waals surface area (Å²) in [5.74, 6) is 1.38. The second-order valence-corrected chi connectivity index (χ2v) is 3.84. The Hall–Kier alpha value is -2.08. The monoisotopic (exact) mass is 247 g/mol. The van der Waals surface area contributed by atoms with Crippen LogP contribution in [0.3, 0.4) is 0 Å². The van der Waals surface area contributed by atoms with Crippen LogP contribution in [0.4, 0.5) is 17.3 Å². The number of benzene rings is 1. The van der Waals surface area contributed by atoms with Crippen LogP contribution in [0.1, 0.15) is 5.56 Å². The molecule has 0 unspecified atom stereocenters. The molecule has 0 saturated carbocycles. The lowest BCUT2D eigenvalue weighted by atomic mass is 10.1. The van der Waals surface area contributed by atoms with E-state index >= 15 is 0 Å². The largest absolute Gasteiger partial charge is 0.392 e. The number of hydrogen-bond acceptors (Lipinski definition) is 6. The summed E-state index contributed by atoms with van der Waals surface area (Å²) in [6.45, 7) is -0.0189. The molecule has 1 heterocycles. The predicted molar refractivity (Wildman–Crippen MR) is 74.1 cm³/mol. The molecule has 6 heteroatoms. The van der Waals surface area contributed by atoms with Gasteiger partial charge in [0.1, 0.15) is 5.52 Å². The molecule has 0 fully saturated rings. The lowest BCUT2D eigenvalue weighted by Gasteiger charge is -2.12. The number of hydrogen-bond donors (Lipinski definition) is 4. The summed E-state index contributed by atoms with van der Waals surface area (Å²) < 4.78 is 0. The first-order valence-corrected chi connectivity index (χ1v) is 5.72. The summed E-state index contributed by atoms with van der Waals surface area (Å²) >= 11 is 0. The molecule has 18 heavy (non-hydrogen) atoms. The maximum Gasteiger partial charge on any atom is 0.169 e. The molecular formula is C12H17N5O. The van der Waals surface area contributed by atoms with Crippen LogP contribution in [0.2, 0.25) is 0 Å². The number of rotatable bonds is 4. The first-order chi connectivity index (χ1) is 8.73. The van der Waals surface area contributed by atoms with E-state index < -0.39 is 0 Å². The molecule has 6 nitrogen and oxygen atoms in total. The number of fused-ring (bicyclic) bond motifs is 1. The Morgan fingerprint density at radius 2 is 1.67 bits per heavy atom. The number of aromatic nitrogens is 2. The minimum absolute atomic E-state index is 0.0189. The Kier molecular flexibility index (Phi) is 3.47. The lowest BCUT2D eigenvalue weighted by Crippen LogP contribution is -2.04. The highest BCUT2D eigenvalue weighted by atomic mass is 16.3. The zero-order chi connectivity index (χ0) is 13.1. The zero-order valence-electron chi connectivity index (χ0n) is 10.7. The van der Waals surface area contributed by atoms with Gasteiger partial charge >= 0.3 is 0 Å². The van der Waals surface area contributed by atoms with E-state index in [9.17, 15) is 5.11 Å². The van der Waals surface area contributed by atoms with Gasteiger partial charge in [-0.25, -0.2) is 9.97 Å². The topological polar surface area (TPSA) is 82.1 Å². The highest BCUT2D eigenvalue weighted by molar-refractivity contribution is 5.91. The number of anilines is 3. The highest BCUT2D eigenvalue weighted by Gasteiger charge is 2.10. The van der Waals surface area contributed by atoms with Gasteiger partial charge in [0.05, 0.1) is 17.8 Å². The molecule has 0 atom stereocenters. The maximum absolute atomic E-state index is 9.24. The first kappa shape index (κ1) is 12.4. The smallest absolute Gasteiger partial charge is 0.169 e. The van der Waals surface area contributed by atoms with Gasteiger partial charge < -0.3 is 21.1 Å². The van der Waals surface area contributed by atoms with Crippen molar-refractivity contribution in [2.45, 2.75) is 6.61 Å². The van der Waals surface area contributed by atoms with Crippen molar-refractivity contribution in [2.75, 3.05) is 37.1 Å². The average molecular weight is 247 g/mol. The highest BCUT2D eigenvalue weighted by Crippen LogP contribution is 2.27. The van der Waals surface area contributed by atoms with Crippen LogP contribution in [-0.4, -0.2) is 36.2 Å². The van der Waals surface area contributed by atoms with E-state index in [2.05, 4.69) is 25.9 Å². The molecule has 0 spiro atoms. The van der Waals surface area contributed by atoms with Crippen LogP contribution in [0.15, 0.2) is 12.1 Å². The number of aliphatic hydroxyl groups excluding tert-OH is 1. The number of aliphatic hydroxyl groups is 1. The SMILES string of the molecule is CNc1nc2cc(CO)cc(NC)c2nc1NC. The van der Waals surface area contributed by atoms with E-state index in [4.69, 9.17) is 0 Å². The maximum atomic E-state index is 9.24. The Balaban J connectivity index is 2.74. The summed E-state index contributed by atoms with van der Waals surface area (Å²) in [5.41, 5.74) is 3.18. The van der Waals surface area contributed by atoms with Crippen molar-refractivity contribution in [2.24, 2.45) is 0 Å². The van der Waals surface area contributed by atoms with Gasteiger partial charge in [0.2, 0.25) is 0 Å². The zero-order valence-corrected chi connectivity index (χ0v) is 10.7.